The standard InChI is InChI=1S/C9H10N4OS/c1-6-3-15-9(13-6)7-8(11-4-10-7)12-5-14-2/h3-5H,1-2H3,(H,10,11). The number of aromatic amines is 1. The Morgan fingerprint density at radius 1 is 1.60 bits per heavy atom. The van der Waals surface area contributed by atoms with E-state index in [1.54, 1.807) is 24.8 Å². The van der Waals surface area contributed by atoms with Gasteiger partial charge in [0.25, 0.3) is 0 Å². The van der Waals surface area contributed by atoms with Gasteiger partial charge in [0, 0.05) is 11.1 Å². The molecule has 0 bridgehead atoms. The maximum absolute atomic E-state index is 4.75. The summed E-state index contributed by atoms with van der Waals surface area (Å²) in [6.07, 6.45) is 2.94. The largest absolute Gasteiger partial charge is 0.486 e. The second-order valence-corrected chi connectivity index (χ2v) is 3.72. The van der Waals surface area contributed by atoms with Crippen LogP contribution in [0, 0.1) is 6.92 Å². The van der Waals surface area contributed by atoms with Crippen molar-refractivity contribution in [2.24, 2.45) is 4.99 Å². The van der Waals surface area contributed by atoms with Gasteiger partial charge in [-0.1, -0.05) is 0 Å². The second kappa shape index (κ2) is 4.22. The van der Waals surface area contributed by atoms with Crippen molar-refractivity contribution >= 4 is 23.6 Å². The van der Waals surface area contributed by atoms with E-state index in [0.717, 1.165) is 16.4 Å². The van der Waals surface area contributed by atoms with Gasteiger partial charge in [0.15, 0.2) is 12.2 Å². The van der Waals surface area contributed by atoms with Crippen LogP contribution in [0.5, 0.6) is 0 Å². The molecule has 0 fully saturated rings. The van der Waals surface area contributed by atoms with Gasteiger partial charge in [0.05, 0.1) is 13.4 Å². The molecule has 0 radical (unpaired) electrons. The molecule has 0 unspecified atom stereocenters. The molecule has 0 aliphatic heterocycles. The molecule has 0 aromatic carbocycles. The van der Waals surface area contributed by atoms with Crippen LogP contribution in [0.15, 0.2) is 16.7 Å². The first-order valence-electron chi connectivity index (χ1n) is 4.32. The van der Waals surface area contributed by atoms with Crippen molar-refractivity contribution < 1.29 is 4.74 Å². The summed E-state index contributed by atoms with van der Waals surface area (Å²) in [7, 11) is 1.55. The zero-order valence-electron chi connectivity index (χ0n) is 8.39. The van der Waals surface area contributed by atoms with Crippen molar-refractivity contribution in [1.82, 2.24) is 15.0 Å². The first-order valence-corrected chi connectivity index (χ1v) is 5.20. The van der Waals surface area contributed by atoms with Gasteiger partial charge in [-0.05, 0) is 6.92 Å². The number of nitrogens with one attached hydrogen (secondary N) is 1. The molecule has 15 heavy (non-hydrogen) atoms. The molecule has 0 aliphatic rings. The molecule has 1 N–H and O–H groups in total. The number of H-pyrrole nitrogens is 1. The van der Waals surface area contributed by atoms with E-state index in [4.69, 9.17) is 4.74 Å². The van der Waals surface area contributed by atoms with Crippen LogP contribution >= 0.6 is 11.3 Å². The molecule has 0 spiro atoms. The molecule has 2 aromatic heterocycles. The number of nitrogens with zero attached hydrogens (tertiary/aromatic N) is 3. The number of hydrogen-bond acceptors (Lipinski definition) is 5. The third-order valence-electron chi connectivity index (χ3n) is 1.73. The summed E-state index contributed by atoms with van der Waals surface area (Å²) >= 11 is 1.56. The van der Waals surface area contributed by atoms with E-state index in [1.807, 2.05) is 12.3 Å². The molecule has 0 amide bonds. The first-order chi connectivity index (χ1) is 7.31. The summed E-state index contributed by atoms with van der Waals surface area (Å²) in [5.74, 6) is 0.589. The normalized spacial score (nSPS) is 11.1. The molecule has 2 heterocycles. The number of imidazole rings is 1. The Hall–Kier alpha value is -1.69. The summed E-state index contributed by atoms with van der Waals surface area (Å²) in [6.45, 7) is 1.95. The molecule has 0 saturated heterocycles. The highest BCUT2D eigenvalue weighted by molar-refractivity contribution is 7.13. The van der Waals surface area contributed by atoms with E-state index >= 15 is 0 Å². The predicted molar refractivity (Wildman–Crippen MR) is 59.6 cm³/mol. The number of methoxy groups -OCH3 is 1. The van der Waals surface area contributed by atoms with Crippen molar-refractivity contribution in [3.8, 4) is 10.7 Å². The molecular formula is C9H10N4OS. The number of aromatic nitrogens is 3. The van der Waals surface area contributed by atoms with E-state index in [2.05, 4.69) is 19.9 Å². The van der Waals surface area contributed by atoms with Crippen molar-refractivity contribution in [3.05, 3.63) is 17.4 Å². The Morgan fingerprint density at radius 3 is 3.13 bits per heavy atom. The zero-order valence-corrected chi connectivity index (χ0v) is 9.21. The highest BCUT2D eigenvalue weighted by Crippen LogP contribution is 2.28. The quantitative estimate of drug-likeness (QED) is 0.639. The fourth-order valence-electron chi connectivity index (χ4n) is 1.11. The Labute approximate surface area is 90.9 Å². The summed E-state index contributed by atoms with van der Waals surface area (Å²) < 4.78 is 4.75. The molecule has 78 valence electrons. The van der Waals surface area contributed by atoms with E-state index in [-0.39, 0.29) is 0 Å². The fraction of sp³-hybridized carbons (Fsp3) is 0.222. The van der Waals surface area contributed by atoms with Crippen molar-refractivity contribution in [2.75, 3.05) is 7.11 Å². The molecule has 6 heteroatoms. The molecule has 5 nitrogen and oxygen atoms in total. The third kappa shape index (κ3) is 2.04. The molecule has 2 aromatic rings. The molecule has 0 aliphatic carbocycles. The Morgan fingerprint density at radius 2 is 2.47 bits per heavy atom. The van der Waals surface area contributed by atoms with Gasteiger partial charge in [-0.15, -0.1) is 11.3 Å². The molecular weight excluding hydrogens is 212 g/mol. The maximum Gasteiger partial charge on any atom is 0.183 e. The lowest BCUT2D eigenvalue weighted by Crippen LogP contribution is -1.79. The van der Waals surface area contributed by atoms with E-state index in [9.17, 15) is 0 Å². The topological polar surface area (TPSA) is 63.2 Å². The lowest BCUT2D eigenvalue weighted by atomic mass is 10.4. The summed E-state index contributed by atoms with van der Waals surface area (Å²) in [4.78, 5) is 15.5. The Balaban J connectivity index is 2.36. The van der Waals surface area contributed by atoms with Crippen LogP contribution in [0.1, 0.15) is 5.69 Å². The Kier molecular flexibility index (Phi) is 2.77. The Bertz CT molecular complexity index is 474. The summed E-state index contributed by atoms with van der Waals surface area (Å²) in [5.41, 5.74) is 1.81. The zero-order chi connectivity index (χ0) is 10.7. The minimum atomic E-state index is 0.589. The fourth-order valence-corrected chi connectivity index (χ4v) is 1.91. The molecule has 0 atom stereocenters. The van der Waals surface area contributed by atoms with E-state index in [0.29, 0.717) is 5.82 Å². The SMILES string of the molecule is COC=Nc1nc[nH]c1-c1nc(C)cs1. The minimum absolute atomic E-state index is 0.589. The summed E-state index contributed by atoms with van der Waals surface area (Å²) in [5, 5.41) is 2.87. The van der Waals surface area contributed by atoms with Gasteiger partial charge in [-0.25, -0.2) is 9.97 Å². The monoisotopic (exact) mass is 222 g/mol. The smallest absolute Gasteiger partial charge is 0.183 e. The van der Waals surface area contributed by atoms with E-state index in [1.165, 1.54) is 6.40 Å². The lowest BCUT2D eigenvalue weighted by molar-refractivity contribution is 0.423. The molecule has 2 rings (SSSR count). The van der Waals surface area contributed by atoms with Gasteiger partial charge in [0.1, 0.15) is 10.7 Å². The molecule has 0 saturated carbocycles. The van der Waals surface area contributed by atoms with Crippen molar-refractivity contribution in [3.63, 3.8) is 0 Å². The average molecular weight is 222 g/mol. The van der Waals surface area contributed by atoms with Crippen LogP contribution < -0.4 is 0 Å². The minimum Gasteiger partial charge on any atom is -0.486 e. The van der Waals surface area contributed by atoms with Crippen LogP contribution in [-0.4, -0.2) is 28.5 Å². The van der Waals surface area contributed by atoms with Crippen molar-refractivity contribution in [2.45, 2.75) is 6.92 Å². The predicted octanol–water partition coefficient (Wildman–Crippen LogP) is 2.15. The highest BCUT2D eigenvalue weighted by atomic mass is 32.1. The van der Waals surface area contributed by atoms with Crippen molar-refractivity contribution in [1.29, 1.82) is 0 Å². The van der Waals surface area contributed by atoms with Crippen LogP contribution in [0.2, 0.25) is 0 Å². The number of aliphatic imine (C=N–C) groups is 1. The van der Waals surface area contributed by atoms with Gasteiger partial charge in [-0.2, -0.15) is 4.99 Å². The number of hydrogen-bond donors (Lipinski definition) is 1. The number of aryl methyl sites for hydroxylation is 1. The lowest BCUT2D eigenvalue weighted by Gasteiger charge is -1.92. The number of rotatable bonds is 3. The average Bonchev–Trinajstić information content (AvgIpc) is 2.82. The van der Waals surface area contributed by atoms with Gasteiger partial charge in [0.2, 0.25) is 0 Å². The second-order valence-electron chi connectivity index (χ2n) is 2.87. The highest BCUT2D eigenvalue weighted by Gasteiger charge is 2.09. The maximum atomic E-state index is 4.75. The van der Waals surface area contributed by atoms with Gasteiger partial charge >= 0.3 is 0 Å². The third-order valence-corrected chi connectivity index (χ3v) is 2.71. The first kappa shape index (κ1) is 9.85. The summed E-state index contributed by atoms with van der Waals surface area (Å²) in [6, 6.07) is 0. The number of thiazole rings is 1. The van der Waals surface area contributed by atoms with Crippen LogP contribution in [-0.2, 0) is 4.74 Å². The van der Waals surface area contributed by atoms with E-state index < -0.39 is 0 Å². The number of ether oxygens (including phenoxy) is 1. The van der Waals surface area contributed by atoms with Crippen LogP contribution in [0.4, 0.5) is 5.82 Å². The van der Waals surface area contributed by atoms with Crippen LogP contribution in [0.3, 0.4) is 0 Å². The van der Waals surface area contributed by atoms with Crippen LogP contribution in [0.25, 0.3) is 10.7 Å². The van der Waals surface area contributed by atoms with Gasteiger partial charge in [-0.3, -0.25) is 0 Å². The van der Waals surface area contributed by atoms with Gasteiger partial charge < -0.3 is 9.72 Å².